The van der Waals surface area contributed by atoms with E-state index < -0.39 is 0 Å². The minimum atomic E-state index is -0.239. The third kappa shape index (κ3) is 4.68. The predicted molar refractivity (Wildman–Crippen MR) is 75.8 cm³/mol. The van der Waals surface area contributed by atoms with Crippen molar-refractivity contribution in [2.24, 2.45) is 0 Å². The van der Waals surface area contributed by atoms with Gasteiger partial charge in [-0.3, -0.25) is 4.79 Å². The fraction of sp³-hybridized carbons (Fsp3) is 0.417. The highest BCUT2D eigenvalue weighted by molar-refractivity contribution is 9.10. The van der Waals surface area contributed by atoms with Crippen LogP contribution in [0.1, 0.15) is 30.1 Å². The minimum Gasteiger partial charge on any atom is -0.507 e. The molecule has 0 aliphatic rings. The van der Waals surface area contributed by atoms with Crippen LogP contribution < -0.4 is 5.32 Å². The Bertz CT molecular complexity index is 396. The Morgan fingerprint density at radius 3 is 2.82 bits per heavy atom. The third-order valence-electron chi connectivity index (χ3n) is 2.35. The van der Waals surface area contributed by atoms with Gasteiger partial charge >= 0.3 is 0 Å². The molecule has 0 fully saturated rings. The molecule has 1 amide bonds. The van der Waals surface area contributed by atoms with E-state index in [4.69, 9.17) is 0 Å². The number of alkyl halides is 1. The number of benzene rings is 1. The van der Waals surface area contributed by atoms with E-state index >= 15 is 0 Å². The molecule has 5 heteroatoms. The SMILES string of the molecule is CC(CCCBr)NC(=O)c1ccc(Br)cc1O. The van der Waals surface area contributed by atoms with Gasteiger partial charge in [-0.2, -0.15) is 0 Å². The summed E-state index contributed by atoms with van der Waals surface area (Å²) in [4.78, 5) is 11.9. The predicted octanol–water partition coefficient (Wildman–Crippen LogP) is 3.45. The van der Waals surface area contributed by atoms with Crippen LogP contribution in [0, 0.1) is 0 Å². The number of rotatable bonds is 5. The number of carbonyl (C=O) groups is 1. The molecular weight excluding hydrogens is 350 g/mol. The van der Waals surface area contributed by atoms with Crippen LogP contribution in [0.15, 0.2) is 22.7 Å². The third-order valence-corrected chi connectivity index (χ3v) is 3.41. The number of amides is 1. The first-order valence-corrected chi connectivity index (χ1v) is 7.31. The molecule has 1 unspecified atom stereocenters. The fourth-order valence-electron chi connectivity index (χ4n) is 1.45. The second-order valence-electron chi connectivity index (χ2n) is 3.87. The zero-order valence-electron chi connectivity index (χ0n) is 9.54. The van der Waals surface area contributed by atoms with Crippen LogP contribution in [-0.2, 0) is 0 Å². The molecule has 2 N–H and O–H groups in total. The van der Waals surface area contributed by atoms with E-state index in [1.165, 1.54) is 6.07 Å². The molecule has 17 heavy (non-hydrogen) atoms. The van der Waals surface area contributed by atoms with E-state index in [2.05, 4.69) is 37.2 Å². The monoisotopic (exact) mass is 363 g/mol. The number of carbonyl (C=O) groups excluding carboxylic acids is 1. The van der Waals surface area contributed by atoms with Crippen molar-refractivity contribution in [1.29, 1.82) is 0 Å². The Morgan fingerprint density at radius 1 is 1.53 bits per heavy atom. The summed E-state index contributed by atoms with van der Waals surface area (Å²) in [5.74, 6) is -0.248. The van der Waals surface area contributed by atoms with Gasteiger partial charge in [0.05, 0.1) is 5.56 Å². The van der Waals surface area contributed by atoms with Gasteiger partial charge in [-0.1, -0.05) is 31.9 Å². The first-order chi connectivity index (χ1) is 8.04. The Labute approximate surface area is 118 Å². The first-order valence-electron chi connectivity index (χ1n) is 5.40. The summed E-state index contributed by atoms with van der Waals surface area (Å²) in [7, 11) is 0. The van der Waals surface area contributed by atoms with Gasteiger partial charge in [0.2, 0.25) is 0 Å². The molecule has 3 nitrogen and oxygen atoms in total. The van der Waals surface area contributed by atoms with E-state index in [9.17, 15) is 9.90 Å². The summed E-state index contributed by atoms with van der Waals surface area (Å²) in [5.41, 5.74) is 0.305. The van der Waals surface area contributed by atoms with E-state index in [0.29, 0.717) is 5.56 Å². The number of aromatic hydroxyl groups is 1. The number of phenolic OH excluding ortho intramolecular Hbond substituents is 1. The second-order valence-corrected chi connectivity index (χ2v) is 5.58. The standard InChI is InChI=1S/C12H15Br2NO2/c1-8(3-2-6-13)15-12(17)10-5-4-9(14)7-11(10)16/h4-5,7-8,16H,2-3,6H2,1H3,(H,15,17). The van der Waals surface area contributed by atoms with Crippen molar-refractivity contribution in [2.45, 2.75) is 25.8 Å². The van der Waals surface area contributed by atoms with Crippen LogP contribution in [0.2, 0.25) is 0 Å². The van der Waals surface area contributed by atoms with Crippen molar-refractivity contribution >= 4 is 37.8 Å². The van der Waals surface area contributed by atoms with Crippen LogP contribution in [-0.4, -0.2) is 22.4 Å². The normalized spacial score (nSPS) is 12.2. The molecule has 0 saturated heterocycles. The zero-order valence-corrected chi connectivity index (χ0v) is 12.7. The van der Waals surface area contributed by atoms with Gasteiger partial charge in [-0.05, 0) is 38.0 Å². The van der Waals surface area contributed by atoms with Crippen LogP contribution >= 0.6 is 31.9 Å². The molecule has 94 valence electrons. The molecule has 0 bridgehead atoms. The van der Waals surface area contributed by atoms with Crippen molar-refractivity contribution in [3.63, 3.8) is 0 Å². The lowest BCUT2D eigenvalue weighted by atomic mass is 10.1. The maximum Gasteiger partial charge on any atom is 0.255 e. The Kier molecular flexibility index (Phi) is 5.98. The first kappa shape index (κ1) is 14.5. The molecule has 0 aliphatic heterocycles. The summed E-state index contributed by atoms with van der Waals surface area (Å²) in [6.45, 7) is 1.95. The molecule has 0 aromatic heterocycles. The van der Waals surface area contributed by atoms with Crippen LogP contribution in [0.3, 0.4) is 0 Å². The molecule has 0 aliphatic carbocycles. The quantitative estimate of drug-likeness (QED) is 0.786. The largest absolute Gasteiger partial charge is 0.507 e. The number of hydrogen-bond acceptors (Lipinski definition) is 2. The number of halogens is 2. The summed E-state index contributed by atoms with van der Waals surface area (Å²) in [5, 5.41) is 13.4. The van der Waals surface area contributed by atoms with Gasteiger partial charge in [-0.25, -0.2) is 0 Å². The molecule has 1 aromatic rings. The molecule has 1 atom stereocenters. The van der Waals surface area contributed by atoms with Crippen molar-refractivity contribution in [2.75, 3.05) is 5.33 Å². The molecule has 1 rings (SSSR count). The summed E-state index contributed by atoms with van der Waals surface area (Å²) >= 11 is 6.58. The van der Waals surface area contributed by atoms with E-state index in [0.717, 1.165) is 22.6 Å². The Hall–Kier alpha value is -0.550. The number of phenols is 1. The Morgan fingerprint density at radius 2 is 2.24 bits per heavy atom. The summed E-state index contributed by atoms with van der Waals surface area (Å²) in [6, 6.07) is 4.95. The highest BCUT2D eigenvalue weighted by Crippen LogP contribution is 2.22. The highest BCUT2D eigenvalue weighted by Gasteiger charge is 2.13. The van der Waals surface area contributed by atoms with Crippen molar-refractivity contribution in [3.05, 3.63) is 28.2 Å². The van der Waals surface area contributed by atoms with Gasteiger partial charge in [0, 0.05) is 15.8 Å². The highest BCUT2D eigenvalue weighted by atomic mass is 79.9. The maximum atomic E-state index is 11.9. The average Bonchev–Trinajstić information content (AvgIpc) is 2.26. The molecular formula is C12H15Br2NO2. The van der Waals surface area contributed by atoms with Crippen LogP contribution in [0.5, 0.6) is 5.75 Å². The average molecular weight is 365 g/mol. The lowest BCUT2D eigenvalue weighted by Gasteiger charge is -2.13. The van der Waals surface area contributed by atoms with Gasteiger partial charge in [-0.15, -0.1) is 0 Å². The van der Waals surface area contributed by atoms with E-state index in [-0.39, 0.29) is 17.7 Å². The minimum absolute atomic E-state index is 0.00966. The Balaban J connectivity index is 2.63. The smallest absolute Gasteiger partial charge is 0.255 e. The van der Waals surface area contributed by atoms with Crippen molar-refractivity contribution < 1.29 is 9.90 Å². The topological polar surface area (TPSA) is 49.3 Å². The van der Waals surface area contributed by atoms with Gasteiger partial charge in [0.25, 0.3) is 5.91 Å². The molecule has 0 radical (unpaired) electrons. The maximum absolute atomic E-state index is 11.9. The lowest BCUT2D eigenvalue weighted by molar-refractivity contribution is 0.0935. The van der Waals surface area contributed by atoms with E-state index in [1.54, 1.807) is 12.1 Å². The van der Waals surface area contributed by atoms with E-state index in [1.807, 2.05) is 6.92 Å². The number of hydrogen-bond donors (Lipinski definition) is 2. The molecule has 1 aromatic carbocycles. The van der Waals surface area contributed by atoms with Gasteiger partial charge in [0.15, 0.2) is 0 Å². The van der Waals surface area contributed by atoms with Crippen LogP contribution in [0.4, 0.5) is 0 Å². The van der Waals surface area contributed by atoms with Crippen molar-refractivity contribution in [3.8, 4) is 5.75 Å². The molecule has 0 heterocycles. The lowest BCUT2D eigenvalue weighted by Crippen LogP contribution is -2.32. The van der Waals surface area contributed by atoms with Crippen molar-refractivity contribution in [1.82, 2.24) is 5.32 Å². The van der Waals surface area contributed by atoms with Gasteiger partial charge < -0.3 is 10.4 Å². The van der Waals surface area contributed by atoms with Crippen LogP contribution in [0.25, 0.3) is 0 Å². The number of nitrogens with one attached hydrogen (secondary N) is 1. The van der Waals surface area contributed by atoms with Gasteiger partial charge in [0.1, 0.15) is 5.75 Å². The molecule has 0 saturated carbocycles. The fourth-order valence-corrected chi connectivity index (χ4v) is 2.13. The summed E-state index contributed by atoms with van der Waals surface area (Å²) in [6.07, 6.45) is 1.92. The summed E-state index contributed by atoms with van der Waals surface area (Å²) < 4.78 is 0.749. The zero-order chi connectivity index (χ0) is 12.8. The molecule has 0 spiro atoms. The second kappa shape index (κ2) is 7.01.